The van der Waals surface area contributed by atoms with Gasteiger partial charge in [0, 0.05) is 18.2 Å². The van der Waals surface area contributed by atoms with Gasteiger partial charge in [-0.3, -0.25) is 0 Å². The Labute approximate surface area is 145 Å². The van der Waals surface area contributed by atoms with Crippen molar-refractivity contribution < 1.29 is 44.2 Å². The highest BCUT2D eigenvalue weighted by atomic mass is 35.5. The number of nitrogens with zero attached hydrogens (tertiary/aromatic N) is 1. The molecule has 5 nitrogen and oxygen atoms in total. The molecule has 128 valence electrons. The first kappa shape index (κ1) is 23.2. The van der Waals surface area contributed by atoms with Gasteiger partial charge in [0.05, 0.1) is 14.1 Å². The van der Waals surface area contributed by atoms with Gasteiger partial charge in [-0.2, -0.15) is 0 Å². The Hall–Kier alpha value is -1.04. The van der Waals surface area contributed by atoms with Gasteiger partial charge in [-0.1, -0.05) is 0 Å². The molecule has 0 aliphatic carbocycles. The van der Waals surface area contributed by atoms with E-state index in [4.69, 9.17) is 4.74 Å². The third-order valence-electron chi connectivity index (χ3n) is 2.95. The van der Waals surface area contributed by atoms with Crippen LogP contribution in [-0.2, 0) is 6.54 Å². The average Bonchev–Trinajstić information content (AvgIpc) is 2.29. The van der Waals surface area contributed by atoms with Crippen LogP contribution in [0.15, 0.2) is 18.3 Å². The summed E-state index contributed by atoms with van der Waals surface area (Å²) < 4.78 is 5.57. The van der Waals surface area contributed by atoms with Gasteiger partial charge in [-0.05, 0) is 33.8 Å². The van der Waals surface area contributed by atoms with Gasteiger partial charge in [0.2, 0.25) is 5.75 Å². The van der Waals surface area contributed by atoms with E-state index in [1.807, 2.05) is 46.0 Å². The molecule has 22 heavy (non-hydrogen) atoms. The fourth-order valence-electron chi connectivity index (χ4n) is 2.21. The third-order valence-corrected chi connectivity index (χ3v) is 2.95. The normalized spacial score (nSPS) is 10.2. The number of rotatable bonds is 5. The van der Waals surface area contributed by atoms with E-state index >= 15 is 0 Å². The van der Waals surface area contributed by atoms with Crippen molar-refractivity contribution in [1.29, 1.82) is 0 Å². The van der Waals surface area contributed by atoms with E-state index in [0.29, 0.717) is 5.75 Å². The van der Waals surface area contributed by atoms with Gasteiger partial charge in [-0.15, -0.1) is 0 Å². The number of hydrogen-bond acceptors (Lipinski definition) is 2. The minimum atomic E-state index is -0.301. The lowest BCUT2D eigenvalue weighted by Crippen LogP contribution is -3.04. The molecule has 0 spiro atoms. The summed E-state index contributed by atoms with van der Waals surface area (Å²) >= 11 is 0. The number of hydrogen-bond donors (Lipinski definition) is 1. The minimum Gasteiger partial charge on any atom is -1.00 e. The highest BCUT2D eigenvalue weighted by Gasteiger charge is 2.25. The SMILES string of the molecule is CC(C)N(C(=O)Oc1ccc[nH+]c1C[NH+](C)C)C(C)C.[Cl-].[Cl-]. The van der Waals surface area contributed by atoms with Crippen molar-refractivity contribution in [2.24, 2.45) is 0 Å². The zero-order valence-electron chi connectivity index (χ0n) is 14.1. The summed E-state index contributed by atoms with van der Waals surface area (Å²) in [5, 5.41) is 0. The number of quaternary nitrogens is 1. The summed E-state index contributed by atoms with van der Waals surface area (Å²) in [4.78, 5) is 18.5. The average molecular weight is 352 g/mol. The van der Waals surface area contributed by atoms with Crippen molar-refractivity contribution in [2.45, 2.75) is 46.3 Å². The maximum Gasteiger partial charge on any atom is 0.415 e. The van der Waals surface area contributed by atoms with E-state index in [1.165, 1.54) is 4.90 Å². The number of halogens is 2. The van der Waals surface area contributed by atoms with Crippen LogP contribution in [0.4, 0.5) is 4.79 Å². The summed E-state index contributed by atoms with van der Waals surface area (Å²) in [6.45, 7) is 8.73. The third kappa shape index (κ3) is 6.81. The van der Waals surface area contributed by atoms with Crippen LogP contribution in [0.5, 0.6) is 5.75 Å². The maximum absolute atomic E-state index is 12.3. The lowest BCUT2D eigenvalue weighted by molar-refractivity contribution is -0.877. The Balaban J connectivity index is 0. The number of aromatic amines is 1. The second-order valence-corrected chi connectivity index (χ2v) is 5.86. The molecule has 1 aromatic heterocycles. The maximum atomic E-state index is 12.3. The molecule has 0 radical (unpaired) electrons. The molecule has 1 heterocycles. The minimum absolute atomic E-state index is 0. The van der Waals surface area contributed by atoms with E-state index < -0.39 is 0 Å². The predicted octanol–water partition coefficient (Wildman–Crippen LogP) is -5.23. The first-order valence-corrected chi connectivity index (χ1v) is 7.11. The predicted molar refractivity (Wildman–Crippen MR) is 77.6 cm³/mol. The van der Waals surface area contributed by atoms with Crippen molar-refractivity contribution in [3.63, 3.8) is 0 Å². The van der Waals surface area contributed by atoms with E-state index in [9.17, 15) is 4.79 Å². The first-order valence-electron chi connectivity index (χ1n) is 7.11. The number of ether oxygens (including phenoxy) is 1. The van der Waals surface area contributed by atoms with Crippen LogP contribution >= 0.6 is 0 Å². The van der Waals surface area contributed by atoms with Crippen LogP contribution in [0, 0.1) is 0 Å². The van der Waals surface area contributed by atoms with Gasteiger partial charge in [0.15, 0.2) is 12.7 Å². The monoisotopic (exact) mass is 351 g/mol. The Morgan fingerprint density at radius 1 is 1.23 bits per heavy atom. The zero-order chi connectivity index (χ0) is 15.3. The fourth-order valence-corrected chi connectivity index (χ4v) is 2.21. The molecule has 0 aliphatic heterocycles. The smallest absolute Gasteiger partial charge is 0.415 e. The number of H-pyrrole nitrogens is 1. The van der Waals surface area contributed by atoms with E-state index in [1.54, 1.807) is 4.90 Å². The molecule has 1 rings (SSSR count). The van der Waals surface area contributed by atoms with Crippen molar-refractivity contribution in [3.05, 3.63) is 24.0 Å². The van der Waals surface area contributed by atoms with E-state index in [2.05, 4.69) is 19.1 Å². The highest BCUT2D eigenvalue weighted by Crippen LogP contribution is 2.15. The summed E-state index contributed by atoms with van der Waals surface area (Å²) in [6.07, 6.45) is 1.54. The number of carbonyl (C=O) groups excluding carboxylic acids is 1. The lowest BCUT2D eigenvalue weighted by Gasteiger charge is -2.29. The van der Waals surface area contributed by atoms with Crippen LogP contribution in [0.2, 0.25) is 0 Å². The number of nitrogens with one attached hydrogen (secondary N) is 2. The summed E-state index contributed by atoms with van der Waals surface area (Å²) in [5.41, 5.74) is 0.924. The Bertz CT molecular complexity index is 446. The number of carbonyl (C=O) groups is 1. The zero-order valence-corrected chi connectivity index (χ0v) is 15.6. The summed E-state index contributed by atoms with van der Waals surface area (Å²) in [6, 6.07) is 3.88. The standard InChI is InChI=1S/C15H25N3O2.2ClH/c1-11(2)18(12(3)4)15(19)20-14-8-7-9-16-13(14)10-17(5)6;;/h7-9,11-12H,10H2,1-6H3;2*1H. The van der Waals surface area contributed by atoms with Gasteiger partial charge in [0.25, 0.3) is 5.69 Å². The summed E-state index contributed by atoms with van der Waals surface area (Å²) in [5.74, 6) is 0.602. The van der Waals surface area contributed by atoms with E-state index in [-0.39, 0.29) is 43.0 Å². The fraction of sp³-hybridized carbons (Fsp3) is 0.600. The van der Waals surface area contributed by atoms with Gasteiger partial charge in [-0.25, -0.2) is 9.78 Å². The quantitative estimate of drug-likeness (QED) is 0.576. The molecule has 0 saturated heterocycles. The molecule has 0 atom stereocenters. The molecule has 1 amide bonds. The van der Waals surface area contributed by atoms with Crippen LogP contribution in [0.1, 0.15) is 33.4 Å². The molecule has 0 unspecified atom stereocenters. The number of pyridine rings is 1. The van der Waals surface area contributed by atoms with E-state index in [0.717, 1.165) is 12.2 Å². The second kappa shape index (κ2) is 10.6. The second-order valence-electron chi connectivity index (χ2n) is 5.86. The number of aromatic nitrogens is 1. The van der Waals surface area contributed by atoms with Crippen LogP contribution in [0.3, 0.4) is 0 Å². The van der Waals surface area contributed by atoms with Gasteiger partial charge in [0.1, 0.15) is 0 Å². The van der Waals surface area contributed by atoms with Crippen molar-refractivity contribution in [1.82, 2.24) is 4.90 Å². The molecular weight excluding hydrogens is 325 g/mol. The molecular formula is C15H27Cl2N3O2. The van der Waals surface area contributed by atoms with Crippen molar-refractivity contribution in [3.8, 4) is 5.75 Å². The Morgan fingerprint density at radius 3 is 2.23 bits per heavy atom. The Morgan fingerprint density at radius 2 is 1.77 bits per heavy atom. The number of amides is 1. The largest absolute Gasteiger partial charge is 1.00 e. The first-order chi connectivity index (χ1) is 9.32. The highest BCUT2D eigenvalue weighted by molar-refractivity contribution is 5.71. The summed E-state index contributed by atoms with van der Waals surface area (Å²) in [7, 11) is 4.11. The van der Waals surface area contributed by atoms with Crippen molar-refractivity contribution in [2.75, 3.05) is 14.1 Å². The molecule has 1 aromatic rings. The van der Waals surface area contributed by atoms with Crippen molar-refractivity contribution >= 4 is 6.09 Å². The molecule has 0 fully saturated rings. The topological polar surface area (TPSA) is 48.1 Å². The molecule has 0 aromatic carbocycles. The molecule has 0 bridgehead atoms. The molecule has 0 aliphatic rings. The van der Waals surface area contributed by atoms with Crippen LogP contribution in [0.25, 0.3) is 0 Å². The molecule has 7 heteroatoms. The van der Waals surface area contributed by atoms with Gasteiger partial charge >= 0.3 is 6.09 Å². The van der Waals surface area contributed by atoms with Gasteiger partial charge < -0.3 is 39.4 Å². The lowest BCUT2D eigenvalue weighted by atomic mass is 10.2. The van der Waals surface area contributed by atoms with Crippen LogP contribution < -0.4 is 39.4 Å². The molecule has 2 N–H and O–H groups in total. The Kier molecular flexibility index (Phi) is 11.2. The van der Waals surface area contributed by atoms with Crippen LogP contribution in [-0.4, -0.2) is 37.2 Å². The molecule has 0 saturated carbocycles.